The molecule has 0 saturated carbocycles. The maximum absolute atomic E-state index is 5.74. The molecular weight excluding hydrogens is 206 g/mol. The van der Waals surface area contributed by atoms with Gasteiger partial charge in [0, 0.05) is 11.8 Å². The maximum Gasteiger partial charge on any atom is 0.140 e. The van der Waals surface area contributed by atoms with E-state index in [4.69, 9.17) is 5.73 Å². The summed E-state index contributed by atoms with van der Waals surface area (Å²) in [7, 11) is 0. The van der Waals surface area contributed by atoms with Crippen molar-refractivity contribution >= 4 is 17.6 Å². The Hall–Kier alpha value is -0.770. The smallest absolute Gasteiger partial charge is 0.140 e. The van der Waals surface area contributed by atoms with Gasteiger partial charge in [0.2, 0.25) is 0 Å². The van der Waals surface area contributed by atoms with Gasteiger partial charge in [-0.2, -0.15) is 11.8 Å². The number of nitrogens with zero attached hydrogens (tertiary/aromatic N) is 2. The van der Waals surface area contributed by atoms with Crippen molar-refractivity contribution in [3.05, 3.63) is 17.6 Å². The van der Waals surface area contributed by atoms with Gasteiger partial charge in [-0.15, -0.1) is 0 Å². The van der Waals surface area contributed by atoms with E-state index >= 15 is 0 Å². The van der Waals surface area contributed by atoms with Crippen LogP contribution in [0.3, 0.4) is 0 Å². The summed E-state index contributed by atoms with van der Waals surface area (Å²) in [6.07, 6.45) is 2.07. The fourth-order valence-corrected chi connectivity index (χ4v) is 1.88. The molecule has 0 aliphatic carbocycles. The lowest BCUT2D eigenvalue weighted by molar-refractivity contribution is 0.855. The van der Waals surface area contributed by atoms with E-state index in [1.165, 1.54) is 0 Å². The number of hydrogen-bond donors (Lipinski definition) is 1. The Balaban J connectivity index is 2.70. The van der Waals surface area contributed by atoms with Gasteiger partial charge in [-0.1, -0.05) is 27.2 Å². The molecule has 0 aromatic carbocycles. The number of nitrogens with two attached hydrogens (primary N) is 1. The molecule has 1 heterocycles. The number of hydrogen-bond acceptors (Lipinski definition) is 4. The highest BCUT2D eigenvalue weighted by atomic mass is 32.2. The predicted molar refractivity (Wildman–Crippen MR) is 66.9 cm³/mol. The number of thioether (sulfide) groups is 1. The zero-order valence-electron chi connectivity index (χ0n) is 9.66. The van der Waals surface area contributed by atoms with E-state index in [1.54, 1.807) is 0 Å². The van der Waals surface area contributed by atoms with Crippen LogP contribution in [0, 0.1) is 0 Å². The van der Waals surface area contributed by atoms with Crippen LogP contribution in [0.1, 0.15) is 38.7 Å². The Kier molecular flexibility index (Phi) is 4.88. The third-order valence-corrected chi connectivity index (χ3v) is 2.99. The molecule has 1 aromatic heterocycles. The lowest BCUT2D eigenvalue weighted by Crippen LogP contribution is -2.03. The van der Waals surface area contributed by atoms with Gasteiger partial charge in [-0.25, -0.2) is 9.97 Å². The zero-order valence-corrected chi connectivity index (χ0v) is 10.5. The van der Waals surface area contributed by atoms with Crippen molar-refractivity contribution in [1.82, 2.24) is 9.97 Å². The van der Waals surface area contributed by atoms with Crippen molar-refractivity contribution in [2.45, 2.75) is 44.6 Å². The van der Waals surface area contributed by atoms with Crippen molar-refractivity contribution < 1.29 is 0 Å². The van der Waals surface area contributed by atoms with Gasteiger partial charge < -0.3 is 5.73 Å². The molecule has 2 N–H and O–H groups in total. The van der Waals surface area contributed by atoms with Crippen molar-refractivity contribution in [2.24, 2.45) is 0 Å². The van der Waals surface area contributed by atoms with Crippen LogP contribution in [-0.2, 0) is 12.2 Å². The zero-order chi connectivity index (χ0) is 11.3. The molecule has 0 radical (unpaired) electrons. The molecular formula is C11H19N3S. The number of aromatic nitrogens is 2. The van der Waals surface area contributed by atoms with Crippen molar-refractivity contribution in [2.75, 3.05) is 5.73 Å². The molecule has 3 nitrogen and oxygen atoms in total. The van der Waals surface area contributed by atoms with Gasteiger partial charge >= 0.3 is 0 Å². The summed E-state index contributed by atoms with van der Waals surface area (Å²) in [6, 6.07) is 1.87. The van der Waals surface area contributed by atoms with E-state index in [0.717, 1.165) is 30.1 Å². The van der Waals surface area contributed by atoms with Crippen LogP contribution < -0.4 is 5.73 Å². The second-order valence-corrected chi connectivity index (χ2v) is 5.37. The van der Waals surface area contributed by atoms with E-state index in [0.29, 0.717) is 11.1 Å². The number of nitrogen functional groups attached to an aromatic ring is 1. The molecule has 0 spiro atoms. The normalized spacial score (nSPS) is 10.9. The summed E-state index contributed by atoms with van der Waals surface area (Å²) in [6.45, 7) is 6.48. The maximum atomic E-state index is 5.74. The highest BCUT2D eigenvalue weighted by molar-refractivity contribution is 7.99. The van der Waals surface area contributed by atoms with E-state index in [-0.39, 0.29) is 0 Å². The minimum Gasteiger partial charge on any atom is -0.384 e. The van der Waals surface area contributed by atoms with Crippen LogP contribution in [0.4, 0.5) is 5.82 Å². The molecule has 15 heavy (non-hydrogen) atoms. The Morgan fingerprint density at radius 1 is 1.40 bits per heavy atom. The third kappa shape index (κ3) is 4.51. The summed E-state index contributed by atoms with van der Waals surface area (Å²) >= 11 is 1.84. The summed E-state index contributed by atoms with van der Waals surface area (Å²) in [5.74, 6) is 2.30. The second-order valence-electron chi connectivity index (χ2n) is 3.81. The molecule has 4 heteroatoms. The lowest BCUT2D eigenvalue weighted by Gasteiger charge is -2.06. The number of anilines is 1. The summed E-state index contributed by atoms with van der Waals surface area (Å²) in [5, 5.41) is 0.602. The number of rotatable bonds is 5. The van der Waals surface area contributed by atoms with Gasteiger partial charge in [-0.3, -0.25) is 0 Å². The molecule has 0 saturated heterocycles. The van der Waals surface area contributed by atoms with Gasteiger partial charge in [0.05, 0.1) is 5.75 Å². The highest BCUT2D eigenvalue weighted by Crippen LogP contribution is 2.16. The molecule has 0 atom stereocenters. The van der Waals surface area contributed by atoms with Gasteiger partial charge in [0.1, 0.15) is 11.6 Å². The molecule has 1 rings (SSSR count). The van der Waals surface area contributed by atoms with Gasteiger partial charge in [0.25, 0.3) is 0 Å². The van der Waals surface area contributed by atoms with Crippen molar-refractivity contribution in [3.63, 3.8) is 0 Å². The van der Waals surface area contributed by atoms with E-state index in [9.17, 15) is 0 Å². The first-order valence-electron chi connectivity index (χ1n) is 5.35. The van der Waals surface area contributed by atoms with E-state index in [2.05, 4.69) is 30.7 Å². The molecule has 0 aliphatic rings. The molecule has 0 bridgehead atoms. The molecule has 84 valence electrons. The van der Waals surface area contributed by atoms with Crippen LogP contribution in [0.25, 0.3) is 0 Å². The summed E-state index contributed by atoms with van der Waals surface area (Å²) in [4.78, 5) is 8.72. The fraction of sp³-hybridized carbons (Fsp3) is 0.636. The van der Waals surface area contributed by atoms with E-state index in [1.807, 2.05) is 17.8 Å². The third-order valence-electron chi connectivity index (χ3n) is 1.90. The van der Waals surface area contributed by atoms with Crippen LogP contribution in [0.15, 0.2) is 6.07 Å². The SMILES string of the molecule is CCCc1cc(N)nc(CSC(C)C)n1. The topological polar surface area (TPSA) is 51.8 Å². The summed E-state index contributed by atoms with van der Waals surface area (Å²) in [5.41, 5.74) is 6.80. The Morgan fingerprint density at radius 2 is 2.13 bits per heavy atom. The average molecular weight is 225 g/mol. The first-order valence-corrected chi connectivity index (χ1v) is 6.40. The van der Waals surface area contributed by atoms with Crippen LogP contribution in [0.2, 0.25) is 0 Å². The molecule has 0 fully saturated rings. The second kappa shape index (κ2) is 5.95. The number of aryl methyl sites for hydroxylation is 1. The van der Waals surface area contributed by atoms with Crippen LogP contribution >= 0.6 is 11.8 Å². The first-order chi connectivity index (χ1) is 7.11. The lowest BCUT2D eigenvalue weighted by atomic mass is 10.2. The Bertz CT molecular complexity index is 313. The fourth-order valence-electron chi connectivity index (χ4n) is 1.27. The minimum atomic E-state index is 0.591. The molecule has 0 unspecified atom stereocenters. The van der Waals surface area contributed by atoms with E-state index < -0.39 is 0 Å². The molecule has 0 aliphatic heterocycles. The van der Waals surface area contributed by atoms with Crippen molar-refractivity contribution in [1.29, 1.82) is 0 Å². The first kappa shape index (κ1) is 12.3. The standard InChI is InChI=1S/C11H19N3S/c1-4-5-9-6-10(12)14-11(13-9)7-15-8(2)3/h6,8H,4-5,7H2,1-3H3,(H2,12,13,14). The largest absolute Gasteiger partial charge is 0.384 e. The summed E-state index contributed by atoms with van der Waals surface area (Å²) < 4.78 is 0. The van der Waals surface area contributed by atoms with Crippen molar-refractivity contribution in [3.8, 4) is 0 Å². The quantitative estimate of drug-likeness (QED) is 0.837. The van der Waals surface area contributed by atoms with Crippen LogP contribution in [-0.4, -0.2) is 15.2 Å². The van der Waals surface area contributed by atoms with Gasteiger partial charge in [0.15, 0.2) is 0 Å². The molecule has 0 amide bonds. The monoisotopic (exact) mass is 225 g/mol. The Labute approximate surface area is 95.9 Å². The average Bonchev–Trinajstić information content (AvgIpc) is 2.14. The molecule has 1 aromatic rings. The highest BCUT2D eigenvalue weighted by Gasteiger charge is 2.03. The van der Waals surface area contributed by atoms with Crippen LogP contribution in [0.5, 0.6) is 0 Å². The van der Waals surface area contributed by atoms with Gasteiger partial charge in [-0.05, 0) is 11.7 Å². The minimum absolute atomic E-state index is 0.591. The Morgan fingerprint density at radius 3 is 2.73 bits per heavy atom. The predicted octanol–water partition coefficient (Wildman–Crippen LogP) is 2.65.